The average Bonchev–Trinajstić information content (AvgIpc) is 3.07. The summed E-state index contributed by atoms with van der Waals surface area (Å²) < 4.78 is 16.7. The largest absolute Gasteiger partial charge is 0.490 e. The minimum atomic E-state index is 0.130. The molecule has 7 nitrogen and oxygen atoms in total. The molecule has 1 atom stereocenters. The monoisotopic (exact) mass is 332 g/mol. The van der Waals surface area contributed by atoms with Gasteiger partial charge in [0, 0.05) is 25.2 Å². The smallest absolute Gasteiger partial charge is 0.258 e. The van der Waals surface area contributed by atoms with Crippen LogP contribution < -0.4 is 14.8 Å². The summed E-state index contributed by atoms with van der Waals surface area (Å²) >= 11 is 0. The van der Waals surface area contributed by atoms with Crippen LogP contribution in [0, 0.1) is 0 Å². The van der Waals surface area contributed by atoms with E-state index in [1.165, 1.54) is 0 Å². The Labute approximate surface area is 141 Å². The molecule has 1 fully saturated rings. The summed E-state index contributed by atoms with van der Waals surface area (Å²) in [5.41, 5.74) is 0.826. The Bertz CT molecular complexity index is 674. The van der Waals surface area contributed by atoms with Crippen molar-refractivity contribution in [2.24, 2.45) is 0 Å². The molecule has 0 aliphatic carbocycles. The fourth-order valence-electron chi connectivity index (χ4n) is 2.77. The first-order valence-corrected chi connectivity index (χ1v) is 8.37. The third-order valence-corrected chi connectivity index (χ3v) is 4.04. The van der Waals surface area contributed by atoms with Gasteiger partial charge in [-0.15, -0.1) is 0 Å². The predicted octanol–water partition coefficient (Wildman–Crippen LogP) is 2.11. The first kappa shape index (κ1) is 16.7. The fourth-order valence-corrected chi connectivity index (χ4v) is 2.77. The molecule has 0 bridgehead atoms. The Kier molecular flexibility index (Phi) is 5.32. The van der Waals surface area contributed by atoms with Gasteiger partial charge in [-0.2, -0.15) is 4.98 Å². The fraction of sp³-hybridized carbons (Fsp3) is 0.529. The van der Waals surface area contributed by atoms with Crippen molar-refractivity contribution < 1.29 is 14.0 Å². The zero-order valence-corrected chi connectivity index (χ0v) is 14.4. The van der Waals surface area contributed by atoms with Gasteiger partial charge in [0.25, 0.3) is 5.89 Å². The van der Waals surface area contributed by atoms with Crippen molar-refractivity contribution in [1.29, 1.82) is 0 Å². The second-order valence-corrected chi connectivity index (χ2v) is 5.69. The van der Waals surface area contributed by atoms with Gasteiger partial charge < -0.3 is 19.3 Å². The molecule has 0 amide bonds. The molecule has 1 aliphatic heterocycles. The quantitative estimate of drug-likeness (QED) is 0.868. The van der Waals surface area contributed by atoms with Crippen molar-refractivity contribution in [2.75, 3.05) is 39.9 Å². The maximum atomic E-state index is 5.66. The molecule has 2 heterocycles. The molecule has 1 N–H and O–H groups in total. The number of hydrogen-bond acceptors (Lipinski definition) is 7. The number of nitrogens with zero attached hydrogens (tertiary/aromatic N) is 3. The Morgan fingerprint density at radius 3 is 2.79 bits per heavy atom. The maximum Gasteiger partial charge on any atom is 0.258 e. The first-order chi connectivity index (χ1) is 11.7. The molecule has 24 heavy (non-hydrogen) atoms. The minimum Gasteiger partial charge on any atom is -0.490 e. The lowest BCUT2D eigenvalue weighted by atomic mass is 10.2. The number of hydrogen-bond donors (Lipinski definition) is 1. The highest BCUT2D eigenvalue weighted by Gasteiger charge is 2.25. The van der Waals surface area contributed by atoms with Gasteiger partial charge in [-0.25, -0.2) is 0 Å². The Hall–Kier alpha value is -2.12. The molecule has 1 saturated heterocycles. The van der Waals surface area contributed by atoms with Crippen LogP contribution in [-0.2, 0) is 0 Å². The van der Waals surface area contributed by atoms with Crippen molar-refractivity contribution >= 4 is 0 Å². The lowest BCUT2D eigenvalue weighted by molar-refractivity contribution is 0.190. The Morgan fingerprint density at radius 1 is 1.25 bits per heavy atom. The summed E-state index contributed by atoms with van der Waals surface area (Å²) in [5, 5.41) is 7.52. The number of benzene rings is 1. The molecule has 1 unspecified atom stereocenters. The van der Waals surface area contributed by atoms with Crippen molar-refractivity contribution in [3.8, 4) is 23.0 Å². The first-order valence-electron chi connectivity index (χ1n) is 8.37. The van der Waals surface area contributed by atoms with E-state index in [-0.39, 0.29) is 6.04 Å². The van der Waals surface area contributed by atoms with Crippen molar-refractivity contribution in [2.45, 2.75) is 19.9 Å². The van der Waals surface area contributed by atoms with Gasteiger partial charge in [0.1, 0.15) is 0 Å². The minimum absolute atomic E-state index is 0.130. The zero-order chi connectivity index (χ0) is 16.9. The maximum absolute atomic E-state index is 5.66. The van der Waals surface area contributed by atoms with Crippen molar-refractivity contribution in [3.63, 3.8) is 0 Å². The van der Waals surface area contributed by atoms with Crippen molar-refractivity contribution in [3.05, 3.63) is 24.0 Å². The molecule has 7 heteroatoms. The predicted molar refractivity (Wildman–Crippen MR) is 90.3 cm³/mol. The van der Waals surface area contributed by atoms with Gasteiger partial charge in [-0.3, -0.25) is 4.90 Å². The summed E-state index contributed by atoms with van der Waals surface area (Å²) in [5.74, 6) is 2.60. The average molecular weight is 332 g/mol. The van der Waals surface area contributed by atoms with E-state index < -0.39 is 0 Å². The molecular formula is C17H24N4O3. The highest BCUT2D eigenvalue weighted by Crippen LogP contribution is 2.33. The van der Waals surface area contributed by atoms with E-state index in [1.54, 1.807) is 0 Å². The number of piperazine rings is 1. The second-order valence-electron chi connectivity index (χ2n) is 5.69. The van der Waals surface area contributed by atoms with Crippen LogP contribution in [-0.4, -0.2) is 54.9 Å². The van der Waals surface area contributed by atoms with E-state index in [9.17, 15) is 0 Å². The molecule has 0 spiro atoms. The molecule has 1 aromatic heterocycles. The van der Waals surface area contributed by atoms with Gasteiger partial charge in [-0.1, -0.05) is 5.16 Å². The van der Waals surface area contributed by atoms with Crippen LogP contribution in [0.1, 0.15) is 25.7 Å². The molecule has 3 rings (SSSR count). The molecule has 1 aromatic carbocycles. The highest BCUT2D eigenvalue weighted by molar-refractivity contribution is 5.59. The lowest BCUT2D eigenvalue weighted by Gasteiger charge is -2.30. The summed E-state index contributed by atoms with van der Waals surface area (Å²) in [6.07, 6.45) is 0. The van der Waals surface area contributed by atoms with E-state index in [0.717, 1.165) is 30.9 Å². The molecule has 1 aliphatic rings. The summed E-state index contributed by atoms with van der Waals surface area (Å²) in [4.78, 5) is 6.81. The van der Waals surface area contributed by atoms with E-state index in [2.05, 4.69) is 27.4 Å². The van der Waals surface area contributed by atoms with Gasteiger partial charge in [0.2, 0.25) is 0 Å². The van der Waals surface area contributed by atoms with Crippen LogP contribution in [0.4, 0.5) is 0 Å². The standard InChI is InChI=1S/C17H24N4O3/c1-4-22-14-7-6-12(10-15(14)23-5-2)17-19-16(20-24-17)13-11-18-8-9-21(13)3/h6-7,10,13,18H,4-5,8-9,11H2,1-3H3. The molecule has 0 radical (unpaired) electrons. The van der Waals surface area contributed by atoms with Gasteiger partial charge in [-0.05, 0) is 39.1 Å². The molecule has 0 saturated carbocycles. The van der Waals surface area contributed by atoms with Crippen LogP contribution in [0.15, 0.2) is 22.7 Å². The van der Waals surface area contributed by atoms with Crippen LogP contribution in [0.5, 0.6) is 11.5 Å². The molecule has 2 aromatic rings. The van der Waals surface area contributed by atoms with E-state index in [1.807, 2.05) is 32.0 Å². The van der Waals surface area contributed by atoms with Crippen LogP contribution in [0.3, 0.4) is 0 Å². The Balaban J connectivity index is 1.85. The SMILES string of the molecule is CCOc1ccc(-c2nc(C3CNCCN3C)no2)cc1OCC. The Morgan fingerprint density at radius 2 is 2.04 bits per heavy atom. The van der Waals surface area contributed by atoms with Crippen LogP contribution in [0.2, 0.25) is 0 Å². The topological polar surface area (TPSA) is 72.7 Å². The second kappa shape index (κ2) is 7.63. The zero-order valence-electron chi connectivity index (χ0n) is 14.4. The highest BCUT2D eigenvalue weighted by atomic mass is 16.5. The van der Waals surface area contributed by atoms with Crippen molar-refractivity contribution in [1.82, 2.24) is 20.4 Å². The number of aromatic nitrogens is 2. The molecule has 130 valence electrons. The normalized spacial score (nSPS) is 18.5. The third kappa shape index (κ3) is 3.52. The third-order valence-electron chi connectivity index (χ3n) is 4.04. The van der Waals surface area contributed by atoms with Gasteiger partial charge in [0.15, 0.2) is 17.3 Å². The summed E-state index contributed by atoms with van der Waals surface area (Å²) in [6.45, 7) is 7.81. The lowest BCUT2D eigenvalue weighted by Crippen LogP contribution is -2.44. The number of likely N-dealkylation sites (N-methyl/N-ethyl adjacent to an activating group) is 1. The number of nitrogens with one attached hydrogen (secondary N) is 1. The van der Waals surface area contributed by atoms with E-state index >= 15 is 0 Å². The summed E-state index contributed by atoms with van der Waals surface area (Å²) in [6, 6.07) is 5.80. The van der Waals surface area contributed by atoms with Crippen LogP contribution >= 0.6 is 0 Å². The number of rotatable bonds is 6. The van der Waals surface area contributed by atoms with Gasteiger partial charge in [0.05, 0.1) is 19.3 Å². The molecular weight excluding hydrogens is 308 g/mol. The van der Waals surface area contributed by atoms with E-state index in [4.69, 9.17) is 14.0 Å². The summed E-state index contributed by atoms with van der Waals surface area (Å²) in [7, 11) is 2.08. The van der Waals surface area contributed by atoms with Crippen LogP contribution in [0.25, 0.3) is 11.5 Å². The number of ether oxygens (including phenoxy) is 2. The van der Waals surface area contributed by atoms with E-state index in [0.29, 0.717) is 30.7 Å². The van der Waals surface area contributed by atoms with Gasteiger partial charge >= 0.3 is 0 Å².